The summed E-state index contributed by atoms with van der Waals surface area (Å²) in [6, 6.07) is 0. The lowest BCUT2D eigenvalue weighted by Crippen LogP contribution is -2.37. The topological polar surface area (TPSA) is 75.4 Å². The van der Waals surface area contributed by atoms with E-state index >= 15 is 0 Å². The van der Waals surface area contributed by atoms with E-state index in [1.807, 2.05) is 0 Å². The average Bonchev–Trinajstić information content (AvgIpc) is 2.39. The van der Waals surface area contributed by atoms with Crippen LogP contribution in [0.3, 0.4) is 0 Å². The fourth-order valence-corrected chi connectivity index (χ4v) is 1.43. The molecular formula is C9H17N3O2. The van der Waals surface area contributed by atoms with E-state index < -0.39 is 0 Å². The highest BCUT2D eigenvalue weighted by Gasteiger charge is 2.18. The standard InChI is InChI=1S/C9H17N3O2/c10-4-1-3-9(14)12-6-2-5-11-8(13)7-12/h1-7,10H2,(H,11,13). The molecular weight excluding hydrogens is 182 g/mol. The highest BCUT2D eigenvalue weighted by molar-refractivity contribution is 5.85. The summed E-state index contributed by atoms with van der Waals surface area (Å²) >= 11 is 0. The molecule has 2 amide bonds. The van der Waals surface area contributed by atoms with Crippen molar-refractivity contribution in [3.05, 3.63) is 0 Å². The predicted molar refractivity (Wildman–Crippen MR) is 52.5 cm³/mol. The number of hydrogen-bond donors (Lipinski definition) is 2. The minimum atomic E-state index is -0.0661. The van der Waals surface area contributed by atoms with Crippen molar-refractivity contribution in [2.24, 2.45) is 5.73 Å². The van der Waals surface area contributed by atoms with Crippen LogP contribution >= 0.6 is 0 Å². The van der Waals surface area contributed by atoms with Crippen LogP contribution in [0.15, 0.2) is 0 Å². The minimum absolute atomic E-state index is 0.0347. The summed E-state index contributed by atoms with van der Waals surface area (Å²) in [6.07, 6.45) is 1.97. The van der Waals surface area contributed by atoms with Crippen molar-refractivity contribution in [1.29, 1.82) is 0 Å². The molecule has 0 aromatic heterocycles. The molecule has 1 saturated heterocycles. The Hall–Kier alpha value is -1.10. The van der Waals surface area contributed by atoms with Crippen LogP contribution in [0.4, 0.5) is 0 Å². The zero-order chi connectivity index (χ0) is 10.4. The fraction of sp³-hybridized carbons (Fsp3) is 0.778. The van der Waals surface area contributed by atoms with Gasteiger partial charge in [-0.2, -0.15) is 0 Å². The Balaban J connectivity index is 2.40. The second-order valence-corrected chi connectivity index (χ2v) is 3.41. The van der Waals surface area contributed by atoms with Crippen LogP contribution in [0.5, 0.6) is 0 Å². The summed E-state index contributed by atoms with van der Waals surface area (Å²) in [5.74, 6) is -0.0314. The van der Waals surface area contributed by atoms with E-state index in [4.69, 9.17) is 5.73 Å². The Morgan fingerprint density at radius 3 is 3.07 bits per heavy atom. The SMILES string of the molecule is NCCCC(=O)N1CCCNC(=O)C1. The number of nitrogens with one attached hydrogen (secondary N) is 1. The molecule has 0 aromatic carbocycles. The fourth-order valence-electron chi connectivity index (χ4n) is 1.43. The van der Waals surface area contributed by atoms with Crippen molar-refractivity contribution in [3.8, 4) is 0 Å². The van der Waals surface area contributed by atoms with Crippen LogP contribution < -0.4 is 11.1 Å². The minimum Gasteiger partial charge on any atom is -0.354 e. The molecule has 1 fully saturated rings. The molecule has 5 nitrogen and oxygen atoms in total. The van der Waals surface area contributed by atoms with E-state index in [-0.39, 0.29) is 18.4 Å². The van der Waals surface area contributed by atoms with Gasteiger partial charge < -0.3 is 16.0 Å². The second kappa shape index (κ2) is 5.59. The number of rotatable bonds is 3. The first-order chi connectivity index (χ1) is 6.74. The number of nitrogens with zero attached hydrogens (tertiary/aromatic N) is 1. The summed E-state index contributed by atoms with van der Waals surface area (Å²) < 4.78 is 0. The number of hydrogen-bond acceptors (Lipinski definition) is 3. The van der Waals surface area contributed by atoms with Gasteiger partial charge in [-0.3, -0.25) is 9.59 Å². The van der Waals surface area contributed by atoms with Crippen LogP contribution in [0.2, 0.25) is 0 Å². The van der Waals surface area contributed by atoms with Crippen molar-refractivity contribution in [2.45, 2.75) is 19.3 Å². The molecule has 1 heterocycles. The highest BCUT2D eigenvalue weighted by Crippen LogP contribution is 2.01. The lowest BCUT2D eigenvalue weighted by atomic mass is 10.2. The molecule has 0 atom stereocenters. The van der Waals surface area contributed by atoms with Crippen LogP contribution in [0.1, 0.15) is 19.3 Å². The van der Waals surface area contributed by atoms with Gasteiger partial charge in [0.25, 0.3) is 0 Å². The number of carbonyl (C=O) groups is 2. The molecule has 14 heavy (non-hydrogen) atoms. The number of amides is 2. The number of carbonyl (C=O) groups excluding carboxylic acids is 2. The van der Waals surface area contributed by atoms with Gasteiger partial charge in [-0.05, 0) is 19.4 Å². The van der Waals surface area contributed by atoms with Crippen molar-refractivity contribution < 1.29 is 9.59 Å². The first kappa shape index (κ1) is 11.0. The third-order valence-corrected chi connectivity index (χ3v) is 2.21. The third kappa shape index (κ3) is 3.33. The van der Waals surface area contributed by atoms with Crippen LogP contribution in [-0.4, -0.2) is 42.9 Å². The molecule has 1 aliphatic heterocycles. The molecule has 1 aliphatic rings. The lowest BCUT2D eigenvalue weighted by Gasteiger charge is -2.18. The second-order valence-electron chi connectivity index (χ2n) is 3.41. The van der Waals surface area contributed by atoms with Crippen LogP contribution in [0, 0.1) is 0 Å². The number of nitrogens with two attached hydrogens (primary N) is 1. The Kier molecular flexibility index (Phi) is 4.39. The summed E-state index contributed by atoms with van der Waals surface area (Å²) in [7, 11) is 0. The lowest BCUT2D eigenvalue weighted by molar-refractivity contribution is -0.135. The van der Waals surface area contributed by atoms with Crippen molar-refractivity contribution in [2.75, 3.05) is 26.2 Å². The molecule has 5 heteroatoms. The van der Waals surface area contributed by atoms with E-state index in [9.17, 15) is 9.59 Å². The molecule has 80 valence electrons. The van der Waals surface area contributed by atoms with Crippen molar-refractivity contribution in [1.82, 2.24) is 10.2 Å². The van der Waals surface area contributed by atoms with Crippen LogP contribution in [0.25, 0.3) is 0 Å². The molecule has 0 unspecified atom stereocenters. The van der Waals surface area contributed by atoms with E-state index in [2.05, 4.69) is 5.32 Å². The van der Waals surface area contributed by atoms with Gasteiger partial charge in [0, 0.05) is 19.5 Å². The molecule has 0 spiro atoms. The monoisotopic (exact) mass is 199 g/mol. The zero-order valence-electron chi connectivity index (χ0n) is 8.29. The van der Waals surface area contributed by atoms with E-state index in [0.29, 0.717) is 32.5 Å². The summed E-state index contributed by atoms with van der Waals surface area (Å²) in [5, 5.41) is 2.73. The molecule has 0 aromatic rings. The van der Waals surface area contributed by atoms with Gasteiger partial charge in [0.05, 0.1) is 6.54 Å². The first-order valence-corrected chi connectivity index (χ1v) is 4.98. The highest BCUT2D eigenvalue weighted by atomic mass is 16.2. The van der Waals surface area contributed by atoms with Gasteiger partial charge >= 0.3 is 0 Å². The third-order valence-electron chi connectivity index (χ3n) is 2.21. The van der Waals surface area contributed by atoms with E-state index in [1.54, 1.807) is 4.90 Å². The maximum Gasteiger partial charge on any atom is 0.239 e. The van der Waals surface area contributed by atoms with Gasteiger partial charge in [0.1, 0.15) is 0 Å². The summed E-state index contributed by atoms with van der Waals surface area (Å²) in [5.41, 5.74) is 5.31. The molecule has 0 saturated carbocycles. The van der Waals surface area contributed by atoms with Gasteiger partial charge in [0.2, 0.25) is 11.8 Å². The summed E-state index contributed by atoms with van der Waals surface area (Å²) in [4.78, 5) is 24.3. The molecule has 0 aliphatic carbocycles. The van der Waals surface area contributed by atoms with E-state index in [0.717, 1.165) is 6.42 Å². The largest absolute Gasteiger partial charge is 0.354 e. The molecule has 0 radical (unpaired) electrons. The zero-order valence-corrected chi connectivity index (χ0v) is 8.29. The Bertz CT molecular complexity index is 218. The summed E-state index contributed by atoms with van der Waals surface area (Å²) in [6.45, 7) is 2.05. The van der Waals surface area contributed by atoms with Gasteiger partial charge in [0.15, 0.2) is 0 Å². The van der Waals surface area contributed by atoms with Gasteiger partial charge in [-0.1, -0.05) is 0 Å². The molecule has 0 bridgehead atoms. The quantitative estimate of drug-likeness (QED) is 0.617. The normalized spacial score (nSPS) is 17.5. The van der Waals surface area contributed by atoms with E-state index in [1.165, 1.54) is 0 Å². The Labute approximate surface area is 83.6 Å². The maximum atomic E-state index is 11.5. The Morgan fingerprint density at radius 2 is 2.36 bits per heavy atom. The van der Waals surface area contributed by atoms with Gasteiger partial charge in [-0.25, -0.2) is 0 Å². The molecule has 3 N–H and O–H groups in total. The smallest absolute Gasteiger partial charge is 0.239 e. The predicted octanol–water partition coefficient (Wildman–Crippen LogP) is -0.926. The maximum absolute atomic E-state index is 11.5. The van der Waals surface area contributed by atoms with Crippen molar-refractivity contribution >= 4 is 11.8 Å². The van der Waals surface area contributed by atoms with Gasteiger partial charge in [-0.15, -0.1) is 0 Å². The average molecular weight is 199 g/mol. The molecule has 1 rings (SSSR count). The van der Waals surface area contributed by atoms with Crippen LogP contribution in [-0.2, 0) is 9.59 Å². The first-order valence-electron chi connectivity index (χ1n) is 4.98. The Morgan fingerprint density at radius 1 is 1.57 bits per heavy atom. The van der Waals surface area contributed by atoms with Crippen molar-refractivity contribution in [3.63, 3.8) is 0 Å².